The van der Waals surface area contributed by atoms with Crippen molar-refractivity contribution >= 4 is 11.9 Å². The van der Waals surface area contributed by atoms with Gasteiger partial charge >= 0.3 is 11.9 Å². The third-order valence-corrected chi connectivity index (χ3v) is 1.49. The first-order valence-electron chi connectivity index (χ1n) is 3.77. The van der Waals surface area contributed by atoms with Crippen molar-refractivity contribution in [2.45, 2.75) is 25.9 Å². The first kappa shape index (κ1) is 11.4. The lowest BCUT2D eigenvalue weighted by Crippen LogP contribution is -2.42. The van der Waals surface area contributed by atoms with Gasteiger partial charge in [0.15, 0.2) is 0 Å². The second kappa shape index (κ2) is 5.14. The molecule has 0 spiro atoms. The number of nitrogens with zero attached hydrogens (tertiary/aromatic N) is 1. The Morgan fingerprint density at radius 3 is 2.38 bits per heavy atom. The first-order chi connectivity index (χ1) is 6.02. The van der Waals surface area contributed by atoms with E-state index >= 15 is 0 Å². The van der Waals surface area contributed by atoms with Gasteiger partial charge in [-0.05, 0) is 6.92 Å². The number of nitrogens with one attached hydrogen (secondary N) is 1. The van der Waals surface area contributed by atoms with Crippen molar-refractivity contribution in [3.05, 3.63) is 11.4 Å². The van der Waals surface area contributed by atoms with Gasteiger partial charge in [0.05, 0.1) is 7.11 Å². The molecule has 72 valence electrons. The maximum Gasteiger partial charge on any atom is 0.328 e. The highest BCUT2D eigenvalue weighted by Crippen LogP contribution is 1.92. The van der Waals surface area contributed by atoms with Crippen LogP contribution in [0.25, 0.3) is 4.85 Å². The van der Waals surface area contributed by atoms with Gasteiger partial charge in [0.25, 0.3) is 6.04 Å². The fourth-order valence-corrected chi connectivity index (χ4v) is 0.628. The van der Waals surface area contributed by atoms with Crippen molar-refractivity contribution in [2.24, 2.45) is 0 Å². The molecule has 0 aliphatic heterocycles. The molecule has 0 aromatic heterocycles. The molecule has 2 atom stereocenters. The van der Waals surface area contributed by atoms with Crippen LogP contribution >= 0.6 is 0 Å². The summed E-state index contributed by atoms with van der Waals surface area (Å²) in [4.78, 5) is 24.9. The number of ether oxygens (including phenoxy) is 1. The zero-order chi connectivity index (χ0) is 10.4. The van der Waals surface area contributed by atoms with Gasteiger partial charge < -0.3 is 14.9 Å². The van der Waals surface area contributed by atoms with Gasteiger partial charge in [-0.2, -0.15) is 0 Å². The van der Waals surface area contributed by atoms with E-state index < -0.39 is 24.0 Å². The highest BCUT2D eigenvalue weighted by atomic mass is 16.5. The van der Waals surface area contributed by atoms with Gasteiger partial charge in [-0.25, -0.2) is 11.4 Å². The van der Waals surface area contributed by atoms with E-state index in [1.807, 2.05) is 0 Å². The molecule has 0 heterocycles. The summed E-state index contributed by atoms with van der Waals surface area (Å²) in [6, 6.07) is -1.48. The number of methoxy groups -OCH3 is 1. The van der Waals surface area contributed by atoms with Crippen LogP contribution in [0.4, 0.5) is 0 Å². The summed E-state index contributed by atoms with van der Waals surface area (Å²) in [6.07, 6.45) is 0. The normalized spacial score (nSPS) is 13.7. The summed E-state index contributed by atoms with van der Waals surface area (Å²) >= 11 is 0. The third kappa shape index (κ3) is 3.56. The van der Waals surface area contributed by atoms with Crippen LogP contribution in [0.15, 0.2) is 0 Å². The number of esters is 1. The van der Waals surface area contributed by atoms with Crippen molar-refractivity contribution in [2.75, 3.05) is 7.11 Å². The van der Waals surface area contributed by atoms with Gasteiger partial charge in [0, 0.05) is 6.92 Å². The molecule has 0 radical (unpaired) electrons. The van der Waals surface area contributed by atoms with Crippen LogP contribution in [0, 0.1) is 6.57 Å². The molecule has 1 N–H and O–H groups in total. The lowest BCUT2D eigenvalue weighted by Gasteiger charge is -2.10. The largest absolute Gasteiger partial charge is 0.467 e. The van der Waals surface area contributed by atoms with Crippen LogP contribution in [0.3, 0.4) is 0 Å². The van der Waals surface area contributed by atoms with E-state index in [1.165, 1.54) is 21.0 Å². The van der Waals surface area contributed by atoms with Crippen molar-refractivity contribution < 1.29 is 14.3 Å². The Balaban J connectivity index is 4.08. The van der Waals surface area contributed by atoms with Crippen LogP contribution in [0.1, 0.15) is 13.8 Å². The molecule has 0 aliphatic carbocycles. The quantitative estimate of drug-likeness (QED) is 0.495. The molecule has 0 bridgehead atoms. The fraction of sp³-hybridized carbons (Fsp3) is 0.625. The molecular formula is C8H12N2O3. The molecule has 0 fully saturated rings. The Bertz CT molecular complexity index is 244. The summed E-state index contributed by atoms with van der Waals surface area (Å²) in [5.41, 5.74) is 0. The lowest BCUT2D eigenvalue weighted by atomic mass is 10.3. The van der Waals surface area contributed by atoms with Crippen LogP contribution < -0.4 is 5.32 Å². The zero-order valence-corrected chi connectivity index (χ0v) is 7.83. The Hall–Kier alpha value is -1.57. The molecule has 0 saturated heterocycles. The minimum Gasteiger partial charge on any atom is -0.467 e. The molecule has 5 nitrogen and oxygen atoms in total. The van der Waals surface area contributed by atoms with Crippen molar-refractivity contribution in [1.29, 1.82) is 0 Å². The second-order valence-corrected chi connectivity index (χ2v) is 2.56. The first-order valence-corrected chi connectivity index (χ1v) is 3.77. The fourth-order valence-electron chi connectivity index (χ4n) is 0.628. The van der Waals surface area contributed by atoms with Gasteiger partial charge in [-0.3, -0.25) is 4.79 Å². The molecule has 0 aromatic rings. The average molecular weight is 184 g/mol. The van der Waals surface area contributed by atoms with E-state index in [2.05, 4.69) is 14.9 Å². The molecule has 0 aromatic carbocycles. The van der Waals surface area contributed by atoms with Crippen molar-refractivity contribution in [3.8, 4) is 0 Å². The van der Waals surface area contributed by atoms with Crippen LogP contribution in [0.2, 0.25) is 0 Å². The summed E-state index contributed by atoms with van der Waals surface area (Å²) in [5.74, 6) is -0.988. The number of carbonyl (C=O) groups excluding carboxylic acids is 2. The SMILES string of the molecule is [C-]#[N+][C@@H](C)C(=O)N[C@H](C)C(=O)OC. The summed E-state index contributed by atoms with van der Waals surface area (Å²) in [6.45, 7) is 9.55. The Kier molecular flexibility index (Phi) is 4.52. The Morgan fingerprint density at radius 2 is 2.00 bits per heavy atom. The number of rotatable bonds is 3. The molecule has 0 saturated carbocycles. The van der Waals surface area contributed by atoms with Gasteiger partial charge in [-0.15, -0.1) is 0 Å². The van der Waals surface area contributed by atoms with Gasteiger partial charge in [0.1, 0.15) is 6.04 Å². The van der Waals surface area contributed by atoms with E-state index in [0.29, 0.717) is 0 Å². The highest BCUT2D eigenvalue weighted by molar-refractivity contribution is 5.87. The third-order valence-electron chi connectivity index (χ3n) is 1.49. The van der Waals surface area contributed by atoms with Gasteiger partial charge in [0.2, 0.25) is 0 Å². The molecule has 0 aliphatic rings. The maximum atomic E-state index is 11.1. The minimum absolute atomic E-state index is 0.465. The highest BCUT2D eigenvalue weighted by Gasteiger charge is 2.22. The standard InChI is InChI=1S/C8H12N2O3/c1-5(9-3)7(11)10-6(2)8(12)13-4/h5-6H,1-2,4H3,(H,10,11)/t5-,6+/m0/s1. The average Bonchev–Trinajstić information content (AvgIpc) is 2.14. The summed E-state index contributed by atoms with van der Waals surface area (Å²) < 4.78 is 4.40. The number of hydrogen-bond donors (Lipinski definition) is 1. The molecular weight excluding hydrogens is 172 g/mol. The molecule has 0 unspecified atom stereocenters. The Labute approximate surface area is 76.9 Å². The van der Waals surface area contributed by atoms with Gasteiger partial charge in [-0.1, -0.05) is 0 Å². The van der Waals surface area contributed by atoms with E-state index in [1.54, 1.807) is 0 Å². The minimum atomic E-state index is -0.771. The molecule has 0 rings (SSSR count). The summed E-state index contributed by atoms with van der Waals surface area (Å²) in [7, 11) is 1.24. The number of carbonyl (C=O) groups is 2. The van der Waals surface area contributed by atoms with E-state index in [0.717, 1.165) is 0 Å². The maximum absolute atomic E-state index is 11.1. The van der Waals surface area contributed by atoms with E-state index in [-0.39, 0.29) is 0 Å². The van der Waals surface area contributed by atoms with Crippen LogP contribution in [0.5, 0.6) is 0 Å². The zero-order valence-electron chi connectivity index (χ0n) is 7.83. The van der Waals surface area contributed by atoms with E-state index in [9.17, 15) is 9.59 Å². The van der Waals surface area contributed by atoms with Crippen LogP contribution in [-0.4, -0.2) is 31.1 Å². The van der Waals surface area contributed by atoms with Crippen molar-refractivity contribution in [1.82, 2.24) is 5.32 Å². The summed E-state index contributed by atoms with van der Waals surface area (Å²) in [5, 5.41) is 2.35. The molecule has 13 heavy (non-hydrogen) atoms. The monoisotopic (exact) mass is 184 g/mol. The predicted octanol–water partition coefficient (Wildman–Crippen LogP) is -0.0281. The number of hydrogen-bond acceptors (Lipinski definition) is 3. The lowest BCUT2D eigenvalue weighted by molar-refractivity contribution is -0.144. The smallest absolute Gasteiger partial charge is 0.328 e. The van der Waals surface area contributed by atoms with Crippen LogP contribution in [-0.2, 0) is 14.3 Å². The van der Waals surface area contributed by atoms with E-state index in [4.69, 9.17) is 6.57 Å². The predicted molar refractivity (Wildman–Crippen MR) is 45.7 cm³/mol. The topological polar surface area (TPSA) is 59.8 Å². The number of amides is 1. The Morgan fingerprint density at radius 1 is 1.46 bits per heavy atom. The second-order valence-electron chi connectivity index (χ2n) is 2.56. The molecule has 5 heteroatoms. The molecule has 1 amide bonds. The van der Waals surface area contributed by atoms with Crippen molar-refractivity contribution in [3.63, 3.8) is 0 Å².